The summed E-state index contributed by atoms with van der Waals surface area (Å²) in [5.41, 5.74) is 0.806. The third kappa shape index (κ3) is 5.69. The van der Waals surface area contributed by atoms with Crippen LogP contribution in [0.15, 0.2) is 45.5 Å². The molecule has 1 aromatic heterocycles. The highest BCUT2D eigenvalue weighted by atomic mass is 79.9. The molecule has 1 heterocycles. The first-order valence-electron chi connectivity index (χ1n) is 9.25. The minimum absolute atomic E-state index is 0.0770. The van der Waals surface area contributed by atoms with Crippen LogP contribution in [0.25, 0.3) is 0 Å². The molecule has 1 aromatic carbocycles. The second kappa shape index (κ2) is 9.54. The van der Waals surface area contributed by atoms with Crippen molar-refractivity contribution in [1.29, 1.82) is 0 Å². The molecule has 1 fully saturated rings. The molecule has 3 N–H and O–H groups in total. The van der Waals surface area contributed by atoms with E-state index in [1.807, 2.05) is 0 Å². The molecule has 3 amide bonds. The predicted molar refractivity (Wildman–Crippen MR) is 108 cm³/mol. The average Bonchev–Trinajstić information content (AvgIpc) is 3.14. The van der Waals surface area contributed by atoms with Crippen LogP contribution in [0.2, 0.25) is 0 Å². The zero-order valence-electron chi connectivity index (χ0n) is 15.3. The van der Waals surface area contributed by atoms with Gasteiger partial charge in [0.25, 0.3) is 11.8 Å². The maximum Gasteiger partial charge on any atom is 0.291 e. The van der Waals surface area contributed by atoms with E-state index >= 15 is 0 Å². The number of carbonyl (C=O) groups is 3. The van der Waals surface area contributed by atoms with Crippen LogP contribution in [0.1, 0.15) is 53.0 Å². The van der Waals surface area contributed by atoms with Crippen LogP contribution >= 0.6 is 15.9 Å². The fourth-order valence-electron chi connectivity index (χ4n) is 3.16. The molecule has 0 radical (unpaired) electrons. The molecule has 3 rings (SSSR count). The SMILES string of the molecule is O=C(CNC(=O)c1cccc(NC(=O)c2ccc(Br)o2)c1)NC1CCCCC1. The Morgan fingerprint density at radius 3 is 2.54 bits per heavy atom. The molecule has 28 heavy (non-hydrogen) atoms. The smallest absolute Gasteiger partial charge is 0.291 e. The lowest BCUT2D eigenvalue weighted by Gasteiger charge is -2.22. The number of rotatable bonds is 6. The molecule has 0 atom stereocenters. The molecule has 148 valence electrons. The highest BCUT2D eigenvalue weighted by Gasteiger charge is 2.17. The van der Waals surface area contributed by atoms with E-state index in [-0.39, 0.29) is 30.2 Å². The van der Waals surface area contributed by atoms with E-state index in [0.717, 1.165) is 25.7 Å². The molecule has 1 aliphatic rings. The van der Waals surface area contributed by atoms with E-state index in [4.69, 9.17) is 4.42 Å². The Balaban J connectivity index is 1.51. The zero-order chi connectivity index (χ0) is 19.9. The third-order valence-corrected chi connectivity index (χ3v) is 4.99. The van der Waals surface area contributed by atoms with Gasteiger partial charge < -0.3 is 20.4 Å². The molecule has 0 bridgehead atoms. The van der Waals surface area contributed by atoms with Crippen LogP contribution < -0.4 is 16.0 Å². The zero-order valence-corrected chi connectivity index (χ0v) is 16.9. The molecule has 0 saturated heterocycles. The minimum atomic E-state index is -0.421. The monoisotopic (exact) mass is 447 g/mol. The Labute approximate surface area is 171 Å². The third-order valence-electron chi connectivity index (χ3n) is 4.56. The lowest BCUT2D eigenvalue weighted by Crippen LogP contribution is -2.42. The predicted octanol–water partition coefficient (Wildman–Crippen LogP) is 3.47. The van der Waals surface area contributed by atoms with Gasteiger partial charge in [-0.25, -0.2) is 0 Å². The van der Waals surface area contributed by atoms with Crippen molar-refractivity contribution in [1.82, 2.24) is 10.6 Å². The van der Waals surface area contributed by atoms with E-state index in [1.54, 1.807) is 36.4 Å². The second-order valence-electron chi connectivity index (χ2n) is 6.72. The van der Waals surface area contributed by atoms with Crippen molar-refractivity contribution in [2.75, 3.05) is 11.9 Å². The first kappa shape index (κ1) is 20.1. The van der Waals surface area contributed by atoms with Crippen LogP contribution in [0.4, 0.5) is 5.69 Å². The van der Waals surface area contributed by atoms with Crippen LogP contribution in [0, 0.1) is 0 Å². The molecule has 8 heteroatoms. The van der Waals surface area contributed by atoms with Gasteiger partial charge in [0.2, 0.25) is 5.91 Å². The quantitative estimate of drug-likeness (QED) is 0.630. The van der Waals surface area contributed by atoms with Crippen molar-refractivity contribution in [3.63, 3.8) is 0 Å². The normalized spacial score (nSPS) is 14.3. The van der Waals surface area contributed by atoms with Gasteiger partial charge in [0.05, 0.1) is 6.54 Å². The minimum Gasteiger partial charge on any atom is -0.444 e. The highest BCUT2D eigenvalue weighted by molar-refractivity contribution is 9.10. The van der Waals surface area contributed by atoms with Gasteiger partial charge in [-0.2, -0.15) is 0 Å². The Morgan fingerprint density at radius 1 is 1.04 bits per heavy atom. The van der Waals surface area contributed by atoms with Crippen molar-refractivity contribution < 1.29 is 18.8 Å². The molecule has 0 aliphatic heterocycles. The Kier molecular flexibility index (Phi) is 6.86. The molecule has 2 aromatic rings. The highest BCUT2D eigenvalue weighted by Crippen LogP contribution is 2.18. The Hall–Kier alpha value is -2.61. The lowest BCUT2D eigenvalue weighted by atomic mass is 9.95. The van der Waals surface area contributed by atoms with Crippen LogP contribution in [0.5, 0.6) is 0 Å². The first-order chi connectivity index (χ1) is 13.5. The Bertz CT molecular complexity index is 859. The Morgan fingerprint density at radius 2 is 1.82 bits per heavy atom. The van der Waals surface area contributed by atoms with Gasteiger partial charge in [-0.1, -0.05) is 25.3 Å². The molecular formula is C20H22BrN3O4. The summed E-state index contributed by atoms with van der Waals surface area (Å²) in [6.07, 6.45) is 5.46. The number of benzene rings is 1. The number of hydrogen-bond acceptors (Lipinski definition) is 4. The first-order valence-corrected chi connectivity index (χ1v) is 10.0. The van der Waals surface area contributed by atoms with Gasteiger partial charge in [-0.05, 0) is 59.1 Å². The summed E-state index contributed by atoms with van der Waals surface area (Å²) >= 11 is 3.14. The maximum absolute atomic E-state index is 12.3. The summed E-state index contributed by atoms with van der Waals surface area (Å²) in [7, 11) is 0. The standard InChI is InChI=1S/C20H22BrN3O4/c21-17-10-9-16(28-17)20(27)24-15-8-4-5-13(11-15)19(26)22-12-18(25)23-14-6-2-1-3-7-14/h4-5,8-11,14H,1-3,6-7,12H2,(H,22,26)(H,23,25)(H,24,27). The van der Waals surface area contributed by atoms with E-state index in [9.17, 15) is 14.4 Å². The largest absolute Gasteiger partial charge is 0.444 e. The van der Waals surface area contributed by atoms with Gasteiger partial charge in [-0.15, -0.1) is 0 Å². The van der Waals surface area contributed by atoms with E-state index in [0.29, 0.717) is 15.9 Å². The second-order valence-corrected chi connectivity index (χ2v) is 7.51. The number of carbonyl (C=O) groups excluding carboxylic acids is 3. The molecule has 1 saturated carbocycles. The van der Waals surface area contributed by atoms with Crippen molar-refractivity contribution in [3.8, 4) is 0 Å². The summed E-state index contributed by atoms with van der Waals surface area (Å²) in [6.45, 7) is -0.0770. The van der Waals surface area contributed by atoms with Crippen molar-refractivity contribution in [3.05, 3.63) is 52.4 Å². The number of hydrogen-bond donors (Lipinski definition) is 3. The summed E-state index contributed by atoms with van der Waals surface area (Å²) in [5.74, 6) is -0.833. The van der Waals surface area contributed by atoms with E-state index < -0.39 is 5.91 Å². The topological polar surface area (TPSA) is 100 Å². The summed E-state index contributed by atoms with van der Waals surface area (Å²) in [5, 5.41) is 8.25. The van der Waals surface area contributed by atoms with Gasteiger partial charge in [-0.3, -0.25) is 14.4 Å². The van der Waals surface area contributed by atoms with Crippen molar-refractivity contribution in [2.45, 2.75) is 38.1 Å². The molecule has 0 spiro atoms. The fourth-order valence-corrected chi connectivity index (χ4v) is 3.46. The number of amides is 3. The molecule has 0 unspecified atom stereocenters. The molecule has 7 nitrogen and oxygen atoms in total. The van der Waals surface area contributed by atoms with Gasteiger partial charge in [0, 0.05) is 17.3 Å². The summed E-state index contributed by atoms with van der Waals surface area (Å²) in [4.78, 5) is 36.5. The summed E-state index contributed by atoms with van der Waals surface area (Å²) in [6, 6.07) is 9.86. The van der Waals surface area contributed by atoms with Gasteiger partial charge in [0.15, 0.2) is 10.4 Å². The number of halogens is 1. The van der Waals surface area contributed by atoms with E-state index in [1.165, 1.54) is 6.42 Å². The number of nitrogens with one attached hydrogen (secondary N) is 3. The van der Waals surface area contributed by atoms with Crippen LogP contribution in [-0.4, -0.2) is 30.3 Å². The van der Waals surface area contributed by atoms with Gasteiger partial charge in [0.1, 0.15) is 0 Å². The number of anilines is 1. The molecular weight excluding hydrogens is 426 g/mol. The molecule has 1 aliphatic carbocycles. The van der Waals surface area contributed by atoms with Crippen LogP contribution in [-0.2, 0) is 4.79 Å². The maximum atomic E-state index is 12.3. The van der Waals surface area contributed by atoms with Crippen molar-refractivity contribution in [2.24, 2.45) is 0 Å². The van der Waals surface area contributed by atoms with Gasteiger partial charge >= 0.3 is 0 Å². The lowest BCUT2D eigenvalue weighted by molar-refractivity contribution is -0.121. The average molecular weight is 448 g/mol. The fraction of sp³-hybridized carbons (Fsp3) is 0.350. The number of furan rings is 1. The van der Waals surface area contributed by atoms with E-state index in [2.05, 4.69) is 31.9 Å². The van der Waals surface area contributed by atoms with Crippen LogP contribution in [0.3, 0.4) is 0 Å². The van der Waals surface area contributed by atoms with Crippen molar-refractivity contribution >= 4 is 39.3 Å². The summed E-state index contributed by atoms with van der Waals surface area (Å²) < 4.78 is 5.66.